The minimum absolute atomic E-state index is 0.0570. The number of nitrogens with one attached hydrogen (secondary N) is 2. The van der Waals surface area contributed by atoms with Gasteiger partial charge in [-0.1, -0.05) is 11.6 Å². The van der Waals surface area contributed by atoms with E-state index in [-0.39, 0.29) is 10.8 Å². The number of rotatable bonds is 9. The van der Waals surface area contributed by atoms with Gasteiger partial charge >= 0.3 is 0 Å². The maximum absolute atomic E-state index is 13.1. The minimum atomic E-state index is -3.96. The minimum Gasteiger partial charge on any atom is -0.493 e. The highest BCUT2D eigenvalue weighted by molar-refractivity contribution is 9.10. The molecule has 4 rings (SSSR count). The van der Waals surface area contributed by atoms with Gasteiger partial charge in [0.05, 0.1) is 35.6 Å². The summed E-state index contributed by atoms with van der Waals surface area (Å²) in [5.74, 6) is 2.06. The summed E-state index contributed by atoms with van der Waals surface area (Å²) >= 11 is 9.64. The molecular formula is C24H25BrClN3O6S. The molecule has 192 valence electrons. The van der Waals surface area contributed by atoms with Crippen LogP contribution < -0.4 is 29.0 Å². The molecule has 2 N–H and O–H groups in total. The zero-order valence-electron chi connectivity index (χ0n) is 19.8. The SMILES string of the molecule is COc1ccc(Oc2ncc(S(=O)(=O)Nc3ccc(Cl)c(O[C@]4(C)CCNC4)c3)cc2Br)cc1OC. The Labute approximate surface area is 223 Å². The Morgan fingerprint density at radius 2 is 1.86 bits per heavy atom. The lowest BCUT2D eigenvalue weighted by molar-refractivity contribution is 0.111. The maximum Gasteiger partial charge on any atom is 0.263 e. The predicted molar refractivity (Wildman–Crippen MR) is 140 cm³/mol. The maximum atomic E-state index is 13.1. The van der Waals surface area contributed by atoms with Crippen molar-refractivity contribution in [1.29, 1.82) is 0 Å². The van der Waals surface area contributed by atoms with Gasteiger partial charge in [-0.15, -0.1) is 0 Å². The van der Waals surface area contributed by atoms with Crippen molar-refractivity contribution < 1.29 is 27.4 Å². The predicted octanol–water partition coefficient (Wildman–Crippen LogP) is 5.24. The fourth-order valence-corrected chi connectivity index (χ4v) is 5.38. The van der Waals surface area contributed by atoms with Crippen molar-refractivity contribution in [2.24, 2.45) is 0 Å². The van der Waals surface area contributed by atoms with Crippen molar-refractivity contribution in [2.75, 3.05) is 32.0 Å². The van der Waals surface area contributed by atoms with E-state index in [4.69, 9.17) is 30.5 Å². The molecule has 36 heavy (non-hydrogen) atoms. The van der Waals surface area contributed by atoms with Crippen LogP contribution in [0.2, 0.25) is 5.02 Å². The molecule has 0 spiro atoms. The molecule has 0 radical (unpaired) electrons. The molecular weight excluding hydrogens is 574 g/mol. The van der Waals surface area contributed by atoms with Gasteiger partial charge in [-0.3, -0.25) is 4.72 Å². The number of pyridine rings is 1. The van der Waals surface area contributed by atoms with E-state index in [1.165, 1.54) is 26.5 Å². The summed E-state index contributed by atoms with van der Waals surface area (Å²) in [6.45, 7) is 3.50. The van der Waals surface area contributed by atoms with Gasteiger partial charge in [-0.2, -0.15) is 0 Å². The summed E-state index contributed by atoms with van der Waals surface area (Å²) in [6.07, 6.45) is 2.03. The average Bonchev–Trinajstić information content (AvgIpc) is 3.28. The summed E-state index contributed by atoms with van der Waals surface area (Å²) in [5, 5.41) is 3.65. The van der Waals surface area contributed by atoms with Crippen LogP contribution in [0.25, 0.3) is 0 Å². The van der Waals surface area contributed by atoms with Crippen LogP contribution in [0.1, 0.15) is 13.3 Å². The largest absolute Gasteiger partial charge is 0.493 e. The monoisotopic (exact) mass is 597 g/mol. The van der Waals surface area contributed by atoms with E-state index in [9.17, 15) is 8.42 Å². The first-order valence-corrected chi connectivity index (χ1v) is 13.6. The van der Waals surface area contributed by atoms with Gasteiger partial charge in [0.15, 0.2) is 11.5 Å². The highest BCUT2D eigenvalue weighted by atomic mass is 79.9. The first-order chi connectivity index (χ1) is 17.1. The van der Waals surface area contributed by atoms with Gasteiger partial charge in [0, 0.05) is 25.1 Å². The van der Waals surface area contributed by atoms with Crippen molar-refractivity contribution in [3.63, 3.8) is 0 Å². The second-order valence-electron chi connectivity index (χ2n) is 8.31. The molecule has 1 atom stereocenters. The summed E-state index contributed by atoms with van der Waals surface area (Å²) in [6, 6.07) is 11.2. The second kappa shape index (κ2) is 10.7. The number of hydrogen-bond acceptors (Lipinski definition) is 8. The highest BCUT2D eigenvalue weighted by Gasteiger charge is 2.31. The van der Waals surface area contributed by atoms with E-state index in [2.05, 4.69) is 31.0 Å². The molecule has 1 aromatic heterocycles. The van der Waals surface area contributed by atoms with Crippen molar-refractivity contribution in [3.8, 4) is 28.9 Å². The van der Waals surface area contributed by atoms with Crippen molar-refractivity contribution >= 4 is 43.2 Å². The molecule has 1 saturated heterocycles. The molecule has 2 aromatic carbocycles. The fourth-order valence-electron chi connectivity index (χ4n) is 3.63. The number of methoxy groups -OCH3 is 2. The van der Waals surface area contributed by atoms with Crippen LogP contribution in [0.5, 0.6) is 28.9 Å². The van der Waals surface area contributed by atoms with Crippen LogP contribution in [-0.2, 0) is 10.0 Å². The Morgan fingerprint density at radius 1 is 1.08 bits per heavy atom. The molecule has 12 heteroatoms. The lowest BCUT2D eigenvalue weighted by atomic mass is 10.1. The van der Waals surface area contributed by atoms with Gasteiger partial charge in [0.1, 0.15) is 22.0 Å². The number of aromatic nitrogens is 1. The van der Waals surface area contributed by atoms with E-state index < -0.39 is 15.6 Å². The lowest BCUT2D eigenvalue weighted by Gasteiger charge is -2.25. The number of nitrogens with zero attached hydrogens (tertiary/aromatic N) is 1. The third-order valence-corrected chi connectivity index (χ3v) is 7.76. The quantitative estimate of drug-likeness (QED) is 0.344. The average molecular weight is 599 g/mol. The van der Waals surface area contributed by atoms with Crippen LogP contribution in [0.3, 0.4) is 0 Å². The molecule has 0 saturated carbocycles. The molecule has 0 amide bonds. The van der Waals surface area contributed by atoms with Crippen molar-refractivity contribution in [1.82, 2.24) is 10.3 Å². The summed E-state index contributed by atoms with van der Waals surface area (Å²) in [5.41, 5.74) is -0.106. The smallest absolute Gasteiger partial charge is 0.263 e. The number of ether oxygens (including phenoxy) is 4. The van der Waals surface area contributed by atoms with Crippen LogP contribution in [0.4, 0.5) is 5.69 Å². The third kappa shape index (κ3) is 5.97. The van der Waals surface area contributed by atoms with Gasteiger partial charge in [-0.25, -0.2) is 13.4 Å². The summed E-state index contributed by atoms with van der Waals surface area (Å²) in [4.78, 5) is 4.12. The standard InChI is InChI=1S/C24H25BrClN3O6S/c1-24(8-9-27-14-24)35-21-10-15(4-6-19(21)26)29-36(30,31)17-12-18(25)23(28-13-17)34-16-5-7-20(32-2)22(11-16)33-3/h4-7,10-13,27,29H,8-9,14H2,1-3H3/t24-/m1/s1. The number of sulfonamides is 1. The Balaban J connectivity index is 1.52. The molecule has 0 bridgehead atoms. The molecule has 2 heterocycles. The van der Waals surface area contributed by atoms with Crippen LogP contribution >= 0.6 is 27.5 Å². The van der Waals surface area contributed by atoms with Gasteiger partial charge < -0.3 is 24.3 Å². The van der Waals surface area contributed by atoms with E-state index in [0.717, 1.165) is 13.0 Å². The van der Waals surface area contributed by atoms with E-state index >= 15 is 0 Å². The van der Waals surface area contributed by atoms with E-state index in [0.29, 0.717) is 44.7 Å². The molecule has 3 aromatic rings. The zero-order chi connectivity index (χ0) is 25.9. The number of halogens is 2. The molecule has 1 aliphatic rings. The molecule has 1 aliphatic heterocycles. The Bertz CT molecular complexity index is 1370. The van der Waals surface area contributed by atoms with Gasteiger partial charge in [0.2, 0.25) is 5.88 Å². The lowest BCUT2D eigenvalue weighted by Crippen LogP contribution is -2.34. The topological polar surface area (TPSA) is 108 Å². The highest BCUT2D eigenvalue weighted by Crippen LogP contribution is 2.36. The zero-order valence-corrected chi connectivity index (χ0v) is 23.0. The van der Waals surface area contributed by atoms with Gasteiger partial charge in [0.25, 0.3) is 10.0 Å². The normalized spacial score (nSPS) is 17.5. The van der Waals surface area contributed by atoms with Crippen molar-refractivity contribution in [2.45, 2.75) is 23.8 Å². The van der Waals surface area contributed by atoms with Crippen molar-refractivity contribution in [3.05, 3.63) is 58.2 Å². The Kier molecular flexibility index (Phi) is 7.84. The van der Waals surface area contributed by atoms with Crippen LogP contribution in [0, 0.1) is 0 Å². The summed E-state index contributed by atoms with van der Waals surface area (Å²) < 4.78 is 51.4. The first kappa shape index (κ1) is 26.3. The fraction of sp³-hybridized carbons (Fsp3) is 0.292. The van der Waals surface area contributed by atoms with Gasteiger partial charge in [-0.05, 0) is 59.7 Å². The third-order valence-electron chi connectivity index (χ3n) is 5.53. The van der Waals surface area contributed by atoms with Crippen LogP contribution in [0.15, 0.2) is 58.0 Å². The summed E-state index contributed by atoms with van der Waals surface area (Å²) in [7, 11) is -0.908. The first-order valence-electron chi connectivity index (χ1n) is 10.9. The van der Waals surface area contributed by atoms with Crippen LogP contribution in [-0.4, -0.2) is 46.3 Å². The van der Waals surface area contributed by atoms with E-state index in [1.807, 2.05) is 6.92 Å². The Hall–Kier alpha value is -2.73. The molecule has 9 nitrogen and oxygen atoms in total. The molecule has 1 fully saturated rings. The second-order valence-corrected chi connectivity index (χ2v) is 11.3. The van der Waals surface area contributed by atoms with E-state index in [1.54, 1.807) is 36.4 Å². The molecule has 0 aliphatic carbocycles. The number of anilines is 1. The molecule has 0 unspecified atom stereocenters. The number of benzene rings is 2. The Morgan fingerprint density at radius 3 is 2.53 bits per heavy atom. The number of hydrogen-bond donors (Lipinski definition) is 2.